The fraction of sp³-hybridized carbons (Fsp3) is 0.190. The summed E-state index contributed by atoms with van der Waals surface area (Å²) < 4.78 is 21.9. The number of carbonyl (C=O) groups is 1. The summed E-state index contributed by atoms with van der Waals surface area (Å²) in [5, 5.41) is 1.70. The van der Waals surface area contributed by atoms with Crippen molar-refractivity contribution < 1.29 is 23.7 Å². The molecule has 0 spiro atoms. The van der Waals surface area contributed by atoms with Gasteiger partial charge in [0.1, 0.15) is 12.4 Å². The van der Waals surface area contributed by atoms with Gasteiger partial charge in [-0.1, -0.05) is 30.3 Å². The lowest BCUT2D eigenvalue weighted by atomic mass is 9.89. The molecule has 5 heteroatoms. The van der Waals surface area contributed by atoms with Crippen molar-refractivity contribution in [1.29, 1.82) is 0 Å². The largest absolute Gasteiger partial charge is 0.496 e. The Morgan fingerprint density at radius 3 is 2.12 bits per heavy atom. The molecule has 1 aliphatic rings. The number of methoxy groups -OCH3 is 3. The van der Waals surface area contributed by atoms with E-state index in [0.717, 1.165) is 27.5 Å². The second-order valence-electron chi connectivity index (χ2n) is 5.96. The zero-order valence-corrected chi connectivity index (χ0v) is 14.8. The van der Waals surface area contributed by atoms with Crippen LogP contribution in [0.2, 0.25) is 0 Å². The number of carbonyl (C=O) groups excluding carboxylic acids is 1. The first-order chi connectivity index (χ1) is 12.7. The van der Waals surface area contributed by atoms with Crippen molar-refractivity contribution in [1.82, 2.24) is 0 Å². The average Bonchev–Trinajstić information content (AvgIpc) is 3.06. The third-order valence-electron chi connectivity index (χ3n) is 4.68. The topological polar surface area (TPSA) is 54.0 Å². The predicted octanol–water partition coefficient (Wildman–Crippen LogP) is 4.20. The summed E-state index contributed by atoms with van der Waals surface area (Å²) in [5.74, 6) is 1.48. The lowest BCUT2D eigenvalue weighted by molar-refractivity contribution is 0.0535. The normalized spacial score (nSPS) is 12.7. The van der Waals surface area contributed by atoms with E-state index >= 15 is 0 Å². The molecule has 0 aliphatic carbocycles. The number of esters is 1. The molecule has 26 heavy (non-hydrogen) atoms. The van der Waals surface area contributed by atoms with E-state index in [1.165, 1.54) is 0 Å². The van der Waals surface area contributed by atoms with E-state index in [1.54, 1.807) is 21.3 Å². The molecule has 1 aliphatic heterocycles. The first kappa shape index (κ1) is 16.3. The van der Waals surface area contributed by atoms with Gasteiger partial charge in [-0.25, -0.2) is 4.79 Å². The first-order valence-electron chi connectivity index (χ1n) is 8.20. The summed E-state index contributed by atoms with van der Waals surface area (Å²) >= 11 is 0. The van der Waals surface area contributed by atoms with Gasteiger partial charge in [0.05, 0.1) is 26.9 Å². The Kier molecular flexibility index (Phi) is 3.92. The zero-order chi connectivity index (χ0) is 18.3. The maximum Gasteiger partial charge on any atom is 0.339 e. The van der Waals surface area contributed by atoms with E-state index in [0.29, 0.717) is 22.8 Å². The Morgan fingerprint density at radius 1 is 0.846 bits per heavy atom. The van der Waals surface area contributed by atoms with Gasteiger partial charge in [0.25, 0.3) is 0 Å². The molecule has 3 aromatic rings. The van der Waals surface area contributed by atoms with Crippen LogP contribution in [0.3, 0.4) is 0 Å². The Balaban J connectivity index is 2.20. The highest BCUT2D eigenvalue weighted by Crippen LogP contribution is 2.47. The van der Waals surface area contributed by atoms with Crippen molar-refractivity contribution in [3.05, 3.63) is 53.6 Å². The predicted molar refractivity (Wildman–Crippen MR) is 98.2 cm³/mol. The van der Waals surface area contributed by atoms with E-state index in [1.807, 2.05) is 42.5 Å². The van der Waals surface area contributed by atoms with Crippen LogP contribution in [0.1, 0.15) is 15.9 Å². The van der Waals surface area contributed by atoms with Gasteiger partial charge in [-0.2, -0.15) is 0 Å². The van der Waals surface area contributed by atoms with E-state index in [2.05, 4.69) is 0 Å². The second kappa shape index (κ2) is 6.26. The molecule has 0 atom stereocenters. The monoisotopic (exact) mass is 350 g/mol. The zero-order valence-electron chi connectivity index (χ0n) is 14.8. The van der Waals surface area contributed by atoms with Crippen molar-refractivity contribution in [2.24, 2.45) is 0 Å². The molecule has 0 aromatic heterocycles. The molecule has 0 unspecified atom stereocenters. The number of hydrogen-bond donors (Lipinski definition) is 0. The van der Waals surface area contributed by atoms with Crippen LogP contribution in [0.5, 0.6) is 17.2 Å². The summed E-state index contributed by atoms with van der Waals surface area (Å²) in [4.78, 5) is 12.5. The van der Waals surface area contributed by atoms with Gasteiger partial charge in [-0.15, -0.1) is 0 Å². The van der Waals surface area contributed by atoms with Crippen LogP contribution in [-0.4, -0.2) is 27.3 Å². The van der Waals surface area contributed by atoms with Crippen LogP contribution in [0.4, 0.5) is 0 Å². The van der Waals surface area contributed by atoms with Crippen molar-refractivity contribution in [2.45, 2.75) is 6.61 Å². The number of cyclic esters (lactones) is 1. The third kappa shape index (κ3) is 2.28. The SMILES string of the molecule is COc1cc2c(OC)c3c(c(-c4ccccc4)c2cc1OC)C(=O)OC3. The maximum atomic E-state index is 12.5. The van der Waals surface area contributed by atoms with Gasteiger partial charge in [-0.3, -0.25) is 0 Å². The van der Waals surface area contributed by atoms with Gasteiger partial charge in [-0.05, 0) is 23.1 Å². The van der Waals surface area contributed by atoms with Crippen LogP contribution < -0.4 is 14.2 Å². The fourth-order valence-corrected chi connectivity index (χ4v) is 3.55. The minimum Gasteiger partial charge on any atom is -0.496 e. The van der Waals surface area contributed by atoms with Crippen LogP contribution in [0.25, 0.3) is 21.9 Å². The molecule has 5 nitrogen and oxygen atoms in total. The van der Waals surface area contributed by atoms with Crippen molar-refractivity contribution in [3.8, 4) is 28.4 Å². The first-order valence-corrected chi connectivity index (χ1v) is 8.20. The second-order valence-corrected chi connectivity index (χ2v) is 5.96. The van der Waals surface area contributed by atoms with Crippen molar-refractivity contribution in [3.63, 3.8) is 0 Å². The number of fused-ring (bicyclic) bond motifs is 2. The molecular formula is C21H18O5. The summed E-state index contributed by atoms with van der Waals surface area (Å²) in [6, 6.07) is 13.5. The molecule has 0 fully saturated rings. The fourth-order valence-electron chi connectivity index (χ4n) is 3.55. The lowest BCUT2D eigenvalue weighted by Crippen LogP contribution is -2.02. The Labute approximate surface area is 151 Å². The van der Waals surface area contributed by atoms with E-state index in [-0.39, 0.29) is 12.6 Å². The van der Waals surface area contributed by atoms with Gasteiger partial charge < -0.3 is 18.9 Å². The summed E-state index contributed by atoms with van der Waals surface area (Å²) in [6.07, 6.45) is 0. The molecule has 0 radical (unpaired) electrons. The highest BCUT2D eigenvalue weighted by molar-refractivity contribution is 6.13. The molecule has 4 rings (SSSR count). The minimum atomic E-state index is -0.339. The van der Waals surface area contributed by atoms with Crippen LogP contribution in [0, 0.1) is 0 Å². The standard InChI is InChI=1S/C21H18O5/c1-23-16-9-13-14(10-17(16)24-2)20(25-3)15-11-26-21(22)19(15)18(13)12-7-5-4-6-8-12/h4-10H,11H2,1-3H3. The molecule has 3 aromatic carbocycles. The quantitative estimate of drug-likeness (QED) is 0.660. The number of rotatable bonds is 4. The van der Waals surface area contributed by atoms with Gasteiger partial charge in [0.15, 0.2) is 11.5 Å². The average molecular weight is 350 g/mol. The molecule has 1 heterocycles. The molecule has 0 saturated carbocycles. The van der Waals surface area contributed by atoms with Crippen LogP contribution in [-0.2, 0) is 11.3 Å². The van der Waals surface area contributed by atoms with Crippen LogP contribution >= 0.6 is 0 Å². The number of ether oxygens (including phenoxy) is 4. The third-order valence-corrected chi connectivity index (χ3v) is 4.68. The van der Waals surface area contributed by atoms with Crippen LogP contribution in [0.15, 0.2) is 42.5 Å². The maximum absolute atomic E-state index is 12.5. The number of hydrogen-bond acceptors (Lipinski definition) is 5. The van der Waals surface area contributed by atoms with Crippen molar-refractivity contribution in [2.75, 3.05) is 21.3 Å². The van der Waals surface area contributed by atoms with E-state index in [4.69, 9.17) is 18.9 Å². The van der Waals surface area contributed by atoms with Crippen molar-refractivity contribution >= 4 is 16.7 Å². The van der Waals surface area contributed by atoms with Gasteiger partial charge in [0, 0.05) is 16.5 Å². The Bertz CT molecular complexity index is 1010. The number of benzene rings is 3. The highest BCUT2D eigenvalue weighted by atomic mass is 16.5. The minimum absolute atomic E-state index is 0.196. The summed E-state index contributed by atoms with van der Waals surface area (Å²) in [6.45, 7) is 0.196. The van der Waals surface area contributed by atoms with Gasteiger partial charge in [0.2, 0.25) is 0 Å². The van der Waals surface area contributed by atoms with E-state index < -0.39 is 0 Å². The van der Waals surface area contributed by atoms with E-state index in [9.17, 15) is 4.79 Å². The Morgan fingerprint density at radius 2 is 1.50 bits per heavy atom. The summed E-state index contributed by atoms with van der Waals surface area (Å²) in [5.41, 5.74) is 3.06. The lowest BCUT2D eigenvalue weighted by Gasteiger charge is -2.18. The molecule has 132 valence electrons. The highest BCUT2D eigenvalue weighted by Gasteiger charge is 2.32. The summed E-state index contributed by atoms with van der Waals surface area (Å²) in [7, 11) is 4.77. The smallest absolute Gasteiger partial charge is 0.339 e. The molecular weight excluding hydrogens is 332 g/mol. The molecule has 0 amide bonds. The van der Waals surface area contributed by atoms with Gasteiger partial charge >= 0.3 is 5.97 Å². The molecule has 0 N–H and O–H groups in total. The molecule has 0 saturated heterocycles. The Hall–Kier alpha value is -3.21. The molecule has 0 bridgehead atoms.